The van der Waals surface area contributed by atoms with Crippen molar-refractivity contribution >= 4 is 23.7 Å². The lowest BCUT2D eigenvalue weighted by atomic mass is 10.0. The fourth-order valence-corrected chi connectivity index (χ4v) is 2.93. The first-order valence-corrected chi connectivity index (χ1v) is 5.77. The minimum absolute atomic E-state index is 0.0523. The molecule has 1 aromatic heterocycles. The topological polar surface area (TPSA) is 44.9 Å². The van der Waals surface area contributed by atoms with Gasteiger partial charge in [-0.2, -0.15) is 0 Å². The van der Waals surface area contributed by atoms with E-state index in [2.05, 4.69) is 21.8 Å². The molecular formula is C11H10N2OS. The fourth-order valence-electron chi connectivity index (χ4n) is 1.92. The maximum Gasteiger partial charge on any atom is 0.248 e. The second-order valence-corrected chi connectivity index (χ2v) is 4.66. The third-order valence-electron chi connectivity index (χ3n) is 2.66. The Morgan fingerprint density at radius 1 is 1.47 bits per heavy atom. The Kier molecular flexibility index (Phi) is 1.95. The van der Waals surface area contributed by atoms with Crippen molar-refractivity contribution in [2.75, 3.05) is 0 Å². The Bertz CT molecular complexity index is 447. The number of aromatic nitrogens is 1. The maximum atomic E-state index is 11.7. The zero-order valence-corrected chi connectivity index (χ0v) is 8.75. The molecule has 15 heavy (non-hydrogen) atoms. The lowest BCUT2D eigenvalue weighted by molar-refractivity contribution is -0.116. The molecule has 1 saturated heterocycles. The summed E-state index contributed by atoms with van der Waals surface area (Å²) in [4.78, 5) is 14.8. The summed E-state index contributed by atoms with van der Waals surface area (Å²) in [5, 5.41) is 5.22. The molecular weight excluding hydrogens is 208 g/mol. The van der Waals surface area contributed by atoms with E-state index in [-0.39, 0.29) is 17.2 Å². The van der Waals surface area contributed by atoms with E-state index in [1.165, 1.54) is 0 Å². The van der Waals surface area contributed by atoms with E-state index in [1.54, 1.807) is 11.8 Å². The number of hydrogen-bond acceptors (Lipinski definition) is 2. The van der Waals surface area contributed by atoms with Gasteiger partial charge in [0.05, 0.1) is 5.37 Å². The highest BCUT2D eigenvalue weighted by Crippen LogP contribution is 2.38. The Morgan fingerprint density at radius 3 is 3.20 bits per heavy atom. The van der Waals surface area contributed by atoms with Crippen molar-refractivity contribution in [3.63, 3.8) is 0 Å². The van der Waals surface area contributed by atoms with Gasteiger partial charge < -0.3 is 10.3 Å². The average Bonchev–Trinajstić information content (AvgIpc) is 2.86. The molecule has 0 aromatic carbocycles. The summed E-state index contributed by atoms with van der Waals surface area (Å²) in [6, 6.07) is 3.88. The van der Waals surface area contributed by atoms with Crippen molar-refractivity contribution in [3.8, 4) is 0 Å². The highest BCUT2D eigenvalue weighted by atomic mass is 32.2. The van der Waals surface area contributed by atoms with Crippen molar-refractivity contribution in [2.24, 2.45) is 5.92 Å². The summed E-state index contributed by atoms with van der Waals surface area (Å²) in [7, 11) is 0. The first kappa shape index (κ1) is 8.85. The van der Waals surface area contributed by atoms with Crippen LogP contribution in [0.1, 0.15) is 5.69 Å². The molecule has 76 valence electrons. The third-order valence-corrected chi connectivity index (χ3v) is 3.68. The molecule has 2 unspecified atom stereocenters. The SMILES string of the molecule is O=C1NC2SC=CC2C1=Cc1ccc[nH]1. The Hall–Kier alpha value is -1.42. The number of rotatable bonds is 1. The molecule has 1 amide bonds. The van der Waals surface area contributed by atoms with Gasteiger partial charge in [0, 0.05) is 23.4 Å². The van der Waals surface area contributed by atoms with Gasteiger partial charge in [-0.15, -0.1) is 11.8 Å². The van der Waals surface area contributed by atoms with Gasteiger partial charge in [0.15, 0.2) is 0 Å². The highest BCUT2D eigenvalue weighted by molar-refractivity contribution is 8.03. The van der Waals surface area contributed by atoms with E-state index in [9.17, 15) is 4.79 Å². The predicted molar refractivity (Wildman–Crippen MR) is 60.9 cm³/mol. The van der Waals surface area contributed by atoms with Gasteiger partial charge in [-0.05, 0) is 23.6 Å². The van der Waals surface area contributed by atoms with E-state index in [1.807, 2.05) is 24.4 Å². The lowest BCUT2D eigenvalue weighted by Crippen LogP contribution is -2.22. The minimum atomic E-state index is 0.0523. The largest absolute Gasteiger partial charge is 0.362 e. The van der Waals surface area contributed by atoms with Gasteiger partial charge in [0.25, 0.3) is 0 Å². The summed E-state index contributed by atoms with van der Waals surface area (Å²) in [5.41, 5.74) is 1.83. The zero-order chi connectivity index (χ0) is 10.3. The van der Waals surface area contributed by atoms with Crippen molar-refractivity contribution in [3.05, 3.63) is 41.1 Å². The molecule has 3 nitrogen and oxygen atoms in total. The summed E-state index contributed by atoms with van der Waals surface area (Å²) in [6.07, 6.45) is 5.87. The lowest BCUT2D eigenvalue weighted by Gasteiger charge is -2.05. The molecule has 2 N–H and O–H groups in total. The molecule has 2 aliphatic rings. The van der Waals surface area contributed by atoms with Crippen LogP contribution in [0.2, 0.25) is 0 Å². The van der Waals surface area contributed by atoms with Gasteiger partial charge in [0.1, 0.15) is 0 Å². The van der Waals surface area contributed by atoms with Crippen LogP contribution in [0.15, 0.2) is 35.4 Å². The van der Waals surface area contributed by atoms with Crippen LogP contribution in [-0.2, 0) is 4.79 Å². The highest BCUT2D eigenvalue weighted by Gasteiger charge is 2.38. The van der Waals surface area contributed by atoms with Crippen LogP contribution in [0.25, 0.3) is 6.08 Å². The van der Waals surface area contributed by atoms with Crippen LogP contribution in [0.3, 0.4) is 0 Å². The number of amides is 1. The van der Waals surface area contributed by atoms with Gasteiger partial charge in [-0.1, -0.05) is 6.08 Å². The Morgan fingerprint density at radius 2 is 2.40 bits per heavy atom. The number of aromatic amines is 1. The normalized spacial score (nSPS) is 30.9. The van der Waals surface area contributed by atoms with Gasteiger partial charge >= 0.3 is 0 Å². The van der Waals surface area contributed by atoms with Gasteiger partial charge in [-0.25, -0.2) is 0 Å². The number of hydrogen-bond donors (Lipinski definition) is 2. The second-order valence-electron chi connectivity index (χ2n) is 3.61. The average molecular weight is 218 g/mol. The minimum Gasteiger partial charge on any atom is -0.362 e. The van der Waals surface area contributed by atoms with Crippen LogP contribution < -0.4 is 5.32 Å². The van der Waals surface area contributed by atoms with Crippen molar-refractivity contribution < 1.29 is 4.79 Å². The van der Waals surface area contributed by atoms with Crippen LogP contribution in [0, 0.1) is 5.92 Å². The smallest absolute Gasteiger partial charge is 0.248 e. The maximum absolute atomic E-state index is 11.7. The number of carbonyl (C=O) groups is 1. The van der Waals surface area contributed by atoms with E-state index >= 15 is 0 Å². The predicted octanol–water partition coefficient (Wildman–Crippen LogP) is 1.73. The molecule has 3 heterocycles. The molecule has 0 spiro atoms. The van der Waals surface area contributed by atoms with Gasteiger partial charge in [0.2, 0.25) is 5.91 Å². The third kappa shape index (κ3) is 1.41. The molecule has 4 heteroatoms. The molecule has 0 aliphatic carbocycles. The first-order valence-electron chi connectivity index (χ1n) is 4.82. The summed E-state index contributed by atoms with van der Waals surface area (Å²) < 4.78 is 0. The summed E-state index contributed by atoms with van der Waals surface area (Å²) >= 11 is 1.67. The molecule has 3 rings (SSSR count). The molecule has 0 bridgehead atoms. The van der Waals surface area contributed by atoms with Crippen LogP contribution in [-0.4, -0.2) is 16.3 Å². The number of nitrogens with one attached hydrogen (secondary N) is 2. The molecule has 0 radical (unpaired) electrons. The number of carbonyl (C=O) groups excluding carboxylic acids is 1. The molecule has 1 fully saturated rings. The van der Waals surface area contributed by atoms with Crippen molar-refractivity contribution in [2.45, 2.75) is 5.37 Å². The van der Waals surface area contributed by atoms with E-state index in [4.69, 9.17) is 0 Å². The molecule has 2 aliphatic heterocycles. The monoisotopic (exact) mass is 218 g/mol. The summed E-state index contributed by atoms with van der Waals surface area (Å²) in [5.74, 6) is 0.280. The van der Waals surface area contributed by atoms with E-state index in [0.717, 1.165) is 11.3 Å². The molecule has 2 atom stereocenters. The van der Waals surface area contributed by atoms with Crippen LogP contribution in [0.4, 0.5) is 0 Å². The first-order chi connectivity index (χ1) is 7.34. The quantitative estimate of drug-likeness (QED) is 0.705. The Balaban J connectivity index is 1.98. The number of fused-ring (bicyclic) bond motifs is 1. The van der Waals surface area contributed by atoms with Crippen molar-refractivity contribution in [1.29, 1.82) is 0 Å². The standard InChI is InChI=1S/C11H10N2OS/c14-10-9(6-7-2-1-4-12-7)8-3-5-15-11(8)13-10/h1-6,8,11-12H,(H,13,14). The van der Waals surface area contributed by atoms with E-state index < -0.39 is 0 Å². The van der Waals surface area contributed by atoms with Crippen molar-refractivity contribution in [1.82, 2.24) is 10.3 Å². The van der Waals surface area contributed by atoms with Gasteiger partial charge in [-0.3, -0.25) is 4.79 Å². The zero-order valence-electron chi connectivity index (χ0n) is 7.94. The summed E-state index contributed by atoms with van der Waals surface area (Å²) in [6.45, 7) is 0. The van der Waals surface area contributed by atoms with Crippen LogP contribution >= 0.6 is 11.8 Å². The fraction of sp³-hybridized carbons (Fsp3) is 0.182. The second kappa shape index (κ2) is 3.31. The number of H-pyrrole nitrogens is 1. The molecule has 0 saturated carbocycles. The van der Waals surface area contributed by atoms with Crippen LogP contribution in [0.5, 0.6) is 0 Å². The number of thioether (sulfide) groups is 1. The molecule has 1 aromatic rings. The van der Waals surface area contributed by atoms with E-state index in [0.29, 0.717) is 0 Å². The Labute approximate surface area is 91.6 Å².